The van der Waals surface area contributed by atoms with Gasteiger partial charge in [0.2, 0.25) is 0 Å². The molecule has 5 aromatic rings. The quantitative estimate of drug-likeness (QED) is 0.212. The Bertz CT molecular complexity index is 1560. The molecule has 0 bridgehead atoms. The van der Waals surface area contributed by atoms with Crippen LogP contribution in [0.1, 0.15) is 11.1 Å². The van der Waals surface area contributed by atoms with Crippen molar-refractivity contribution in [3.05, 3.63) is 106 Å². The topological polar surface area (TPSA) is 69.1 Å². The molecule has 0 fully saturated rings. The van der Waals surface area contributed by atoms with E-state index >= 15 is 0 Å². The molecule has 8 heteroatoms. The third kappa shape index (κ3) is 4.72. The van der Waals surface area contributed by atoms with Crippen LogP contribution in [0.4, 0.5) is 4.39 Å². The van der Waals surface area contributed by atoms with Crippen LogP contribution < -0.4 is 15.0 Å². The van der Waals surface area contributed by atoms with Crippen LogP contribution in [0.25, 0.3) is 22.2 Å². The van der Waals surface area contributed by atoms with Gasteiger partial charge in [-0.1, -0.05) is 60.3 Å². The van der Waals surface area contributed by atoms with Crippen LogP contribution in [-0.4, -0.2) is 28.8 Å². The second-order valence-electron chi connectivity index (χ2n) is 8.18. The number of nitrogens with one attached hydrogen (secondary N) is 1. The molecular formula is C28H24FN3O3S. The van der Waals surface area contributed by atoms with Gasteiger partial charge in [0, 0.05) is 17.5 Å². The van der Waals surface area contributed by atoms with E-state index in [-0.39, 0.29) is 11.3 Å². The van der Waals surface area contributed by atoms with Crippen LogP contribution in [0.3, 0.4) is 0 Å². The van der Waals surface area contributed by atoms with Crippen molar-refractivity contribution in [2.24, 2.45) is 0 Å². The lowest BCUT2D eigenvalue weighted by atomic mass is 10.1. The molecule has 0 aliphatic heterocycles. The number of ether oxygens (including phenoxy) is 2. The van der Waals surface area contributed by atoms with Gasteiger partial charge in [0.15, 0.2) is 16.7 Å². The van der Waals surface area contributed by atoms with Crippen molar-refractivity contribution < 1.29 is 13.9 Å². The number of H-pyrrole nitrogens is 1. The maximum atomic E-state index is 14.3. The molecule has 0 aliphatic rings. The van der Waals surface area contributed by atoms with Gasteiger partial charge in [-0.15, -0.1) is 0 Å². The fraction of sp³-hybridized carbons (Fsp3) is 0.143. The van der Waals surface area contributed by atoms with Crippen molar-refractivity contribution in [2.45, 2.75) is 17.5 Å². The molecule has 6 nitrogen and oxygen atoms in total. The fourth-order valence-corrected chi connectivity index (χ4v) is 4.96. The fourth-order valence-electron chi connectivity index (χ4n) is 4.02. The molecule has 0 saturated heterocycles. The second-order valence-corrected chi connectivity index (χ2v) is 9.13. The predicted octanol–water partition coefficient (Wildman–Crippen LogP) is 5.89. The average Bonchev–Trinajstić information content (AvgIpc) is 3.34. The number of methoxy groups -OCH3 is 2. The third-order valence-electron chi connectivity index (χ3n) is 5.92. The number of thioether (sulfide) groups is 1. The largest absolute Gasteiger partial charge is 0.497 e. The van der Waals surface area contributed by atoms with Gasteiger partial charge in [-0.05, 0) is 41.0 Å². The molecule has 2 aromatic heterocycles. The average molecular weight is 502 g/mol. The molecular weight excluding hydrogens is 477 g/mol. The minimum atomic E-state index is -0.424. The van der Waals surface area contributed by atoms with E-state index < -0.39 is 5.82 Å². The molecule has 36 heavy (non-hydrogen) atoms. The molecule has 0 aliphatic carbocycles. The third-order valence-corrected chi connectivity index (χ3v) is 6.97. The smallest absolute Gasteiger partial charge is 0.278 e. The van der Waals surface area contributed by atoms with Gasteiger partial charge in [-0.3, -0.25) is 9.36 Å². The second kappa shape index (κ2) is 10.3. The van der Waals surface area contributed by atoms with Crippen molar-refractivity contribution in [3.63, 3.8) is 0 Å². The zero-order valence-electron chi connectivity index (χ0n) is 19.8. The van der Waals surface area contributed by atoms with Crippen molar-refractivity contribution in [1.82, 2.24) is 14.5 Å². The Morgan fingerprint density at radius 3 is 2.42 bits per heavy atom. The maximum Gasteiger partial charge on any atom is 0.278 e. The summed E-state index contributed by atoms with van der Waals surface area (Å²) < 4.78 is 26.2. The van der Waals surface area contributed by atoms with Gasteiger partial charge >= 0.3 is 0 Å². The summed E-state index contributed by atoms with van der Waals surface area (Å²) >= 11 is 1.39. The first-order valence-electron chi connectivity index (χ1n) is 11.3. The van der Waals surface area contributed by atoms with E-state index in [9.17, 15) is 9.18 Å². The van der Waals surface area contributed by atoms with Crippen LogP contribution in [0.2, 0.25) is 0 Å². The molecule has 1 N–H and O–H groups in total. The Morgan fingerprint density at radius 2 is 1.72 bits per heavy atom. The maximum absolute atomic E-state index is 14.3. The van der Waals surface area contributed by atoms with Crippen LogP contribution in [0.15, 0.2) is 88.9 Å². The Morgan fingerprint density at radius 1 is 0.972 bits per heavy atom. The summed E-state index contributed by atoms with van der Waals surface area (Å²) in [5.41, 5.74) is 4.42. The molecule has 0 unspecified atom stereocenters. The number of aromatic nitrogens is 3. The van der Waals surface area contributed by atoms with E-state index in [0.29, 0.717) is 28.5 Å². The van der Waals surface area contributed by atoms with Crippen LogP contribution in [0.5, 0.6) is 11.5 Å². The Kier molecular flexibility index (Phi) is 6.77. The van der Waals surface area contributed by atoms with E-state index in [4.69, 9.17) is 14.5 Å². The molecule has 0 amide bonds. The van der Waals surface area contributed by atoms with Crippen LogP contribution in [-0.2, 0) is 12.3 Å². The number of fused-ring (bicyclic) bond motifs is 1. The van der Waals surface area contributed by atoms with E-state index in [1.807, 2.05) is 66.9 Å². The van der Waals surface area contributed by atoms with Crippen molar-refractivity contribution in [3.8, 4) is 22.6 Å². The number of nitrogens with zero attached hydrogens (tertiary/aromatic N) is 2. The summed E-state index contributed by atoms with van der Waals surface area (Å²) in [7, 11) is 3.05. The molecule has 182 valence electrons. The van der Waals surface area contributed by atoms with Gasteiger partial charge in [-0.25, -0.2) is 9.37 Å². The van der Waals surface area contributed by atoms with Crippen molar-refractivity contribution in [2.75, 3.05) is 14.2 Å². The number of hydrogen-bond donors (Lipinski definition) is 1. The molecule has 0 spiro atoms. The lowest BCUT2D eigenvalue weighted by molar-refractivity contribution is 0.386. The van der Waals surface area contributed by atoms with Crippen LogP contribution in [0, 0.1) is 5.82 Å². The van der Waals surface area contributed by atoms with Gasteiger partial charge in [0.05, 0.1) is 20.8 Å². The first-order chi connectivity index (χ1) is 17.6. The highest BCUT2D eigenvalue weighted by atomic mass is 32.2. The lowest BCUT2D eigenvalue weighted by Gasteiger charge is -2.13. The van der Waals surface area contributed by atoms with Gasteiger partial charge in [0.1, 0.15) is 16.8 Å². The number of rotatable bonds is 8. The summed E-state index contributed by atoms with van der Waals surface area (Å²) in [6, 6.07) is 22.3. The van der Waals surface area contributed by atoms with Crippen molar-refractivity contribution in [1.29, 1.82) is 0 Å². The Labute approximate surface area is 211 Å². The molecule has 3 aromatic carbocycles. The zero-order chi connectivity index (χ0) is 25.1. The summed E-state index contributed by atoms with van der Waals surface area (Å²) in [6.45, 7) is 0.338. The highest BCUT2D eigenvalue weighted by Gasteiger charge is 2.17. The predicted molar refractivity (Wildman–Crippen MR) is 140 cm³/mol. The molecule has 0 atom stereocenters. The summed E-state index contributed by atoms with van der Waals surface area (Å²) in [5, 5.41) is 0.552. The van der Waals surface area contributed by atoms with E-state index in [0.717, 1.165) is 28.0 Å². The number of aromatic amines is 1. The number of halogens is 1. The Hall–Kier alpha value is -4.04. The standard InChI is InChI=1S/C28H24FN3O3S/c1-34-21-11-8-18(9-12-21)16-32-27(33)26-25(22(15-30-26)20-6-4-3-5-7-20)31-28(32)36-17-19-10-13-24(35-2)23(29)14-19/h3-15,30H,16-17H2,1-2H3. The minimum absolute atomic E-state index is 0.165. The first kappa shape index (κ1) is 23.7. The molecule has 2 heterocycles. The monoisotopic (exact) mass is 501 g/mol. The summed E-state index contributed by atoms with van der Waals surface area (Å²) in [5.74, 6) is 0.950. The van der Waals surface area contributed by atoms with E-state index in [2.05, 4.69) is 4.98 Å². The normalized spacial score (nSPS) is 11.1. The van der Waals surface area contributed by atoms with Gasteiger partial charge in [0.25, 0.3) is 5.56 Å². The van der Waals surface area contributed by atoms with E-state index in [1.165, 1.54) is 24.9 Å². The highest BCUT2D eigenvalue weighted by molar-refractivity contribution is 7.98. The number of benzene rings is 3. The van der Waals surface area contributed by atoms with Gasteiger partial charge in [-0.2, -0.15) is 0 Å². The lowest BCUT2D eigenvalue weighted by Crippen LogP contribution is -2.24. The first-order valence-corrected chi connectivity index (χ1v) is 12.3. The minimum Gasteiger partial charge on any atom is -0.497 e. The molecule has 0 saturated carbocycles. The summed E-state index contributed by atoms with van der Waals surface area (Å²) in [4.78, 5) is 21.7. The Balaban J connectivity index is 1.57. The number of hydrogen-bond acceptors (Lipinski definition) is 5. The van der Waals surface area contributed by atoms with E-state index in [1.54, 1.807) is 17.7 Å². The SMILES string of the molecule is COc1ccc(Cn2c(SCc3ccc(OC)c(F)c3)nc3c(-c4ccccc4)c[nH]c3c2=O)cc1. The summed E-state index contributed by atoms with van der Waals surface area (Å²) in [6.07, 6.45) is 1.82. The highest BCUT2D eigenvalue weighted by Crippen LogP contribution is 2.30. The van der Waals surface area contributed by atoms with Crippen LogP contribution >= 0.6 is 11.8 Å². The zero-order valence-corrected chi connectivity index (χ0v) is 20.6. The molecule has 5 rings (SSSR count). The van der Waals surface area contributed by atoms with Crippen molar-refractivity contribution >= 4 is 22.8 Å². The molecule has 0 radical (unpaired) electrons. The van der Waals surface area contributed by atoms with Gasteiger partial charge < -0.3 is 14.5 Å².